The van der Waals surface area contributed by atoms with Gasteiger partial charge in [-0.25, -0.2) is 0 Å². The van der Waals surface area contributed by atoms with E-state index in [1.807, 2.05) is 32.3 Å². The molecule has 3 rings (SSSR count). The summed E-state index contributed by atoms with van der Waals surface area (Å²) in [5.74, 6) is 0. The van der Waals surface area contributed by atoms with Gasteiger partial charge in [-0.2, -0.15) is 5.10 Å². The number of aryl methyl sites for hydroxylation is 2. The SMILES string of the molecule is Cn1cc(C(C)(O)CNC2CCc3cc(Cl)ccc32)cn1. The van der Waals surface area contributed by atoms with Gasteiger partial charge in [0.2, 0.25) is 0 Å². The third-order valence-corrected chi connectivity index (χ3v) is 4.44. The smallest absolute Gasteiger partial charge is 0.102 e. The molecule has 4 nitrogen and oxygen atoms in total. The van der Waals surface area contributed by atoms with Crippen LogP contribution in [0, 0.1) is 0 Å². The maximum atomic E-state index is 10.6. The summed E-state index contributed by atoms with van der Waals surface area (Å²) in [5, 5.41) is 19.0. The zero-order valence-corrected chi connectivity index (χ0v) is 13.1. The van der Waals surface area contributed by atoms with E-state index in [4.69, 9.17) is 11.6 Å². The van der Waals surface area contributed by atoms with E-state index in [1.165, 1.54) is 11.1 Å². The van der Waals surface area contributed by atoms with E-state index in [9.17, 15) is 5.11 Å². The van der Waals surface area contributed by atoms with Gasteiger partial charge >= 0.3 is 0 Å². The van der Waals surface area contributed by atoms with Crippen LogP contribution in [0.1, 0.15) is 36.1 Å². The second-order valence-electron chi connectivity index (χ2n) is 5.99. The van der Waals surface area contributed by atoms with Crippen LogP contribution in [0.3, 0.4) is 0 Å². The lowest BCUT2D eigenvalue weighted by molar-refractivity contribution is 0.0537. The molecule has 2 N–H and O–H groups in total. The Kier molecular flexibility index (Phi) is 3.78. The van der Waals surface area contributed by atoms with Crippen LogP contribution in [-0.2, 0) is 19.1 Å². The molecule has 1 aromatic heterocycles. The lowest BCUT2D eigenvalue weighted by Crippen LogP contribution is -2.36. The molecule has 1 heterocycles. The monoisotopic (exact) mass is 305 g/mol. The number of benzene rings is 1. The standard InChI is InChI=1S/C16H20ClN3O/c1-16(21,12-8-19-20(2)9-12)10-18-15-6-3-11-7-13(17)4-5-14(11)15/h4-5,7-9,15,18,21H,3,6,10H2,1-2H3. The van der Waals surface area contributed by atoms with Crippen molar-refractivity contribution in [2.45, 2.75) is 31.4 Å². The van der Waals surface area contributed by atoms with E-state index in [2.05, 4.69) is 16.5 Å². The third kappa shape index (κ3) is 2.98. The predicted molar refractivity (Wildman–Crippen MR) is 83.3 cm³/mol. The van der Waals surface area contributed by atoms with Crippen LogP contribution in [0.25, 0.3) is 0 Å². The maximum absolute atomic E-state index is 10.6. The fourth-order valence-corrected chi connectivity index (χ4v) is 3.12. The summed E-state index contributed by atoms with van der Waals surface area (Å²) in [4.78, 5) is 0. The fraction of sp³-hybridized carbons (Fsp3) is 0.438. The number of rotatable bonds is 4. The minimum atomic E-state index is -0.927. The highest BCUT2D eigenvalue weighted by molar-refractivity contribution is 6.30. The van der Waals surface area contributed by atoms with Crippen LogP contribution >= 0.6 is 11.6 Å². The number of nitrogens with one attached hydrogen (secondary N) is 1. The molecule has 0 bridgehead atoms. The second-order valence-corrected chi connectivity index (χ2v) is 6.43. The Morgan fingerprint density at radius 2 is 2.33 bits per heavy atom. The van der Waals surface area contributed by atoms with Crippen molar-refractivity contribution < 1.29 is 5.11 Å². The molecule has 0 radical (unpaired) electrons. The third-order valence-electron chi connectivity index (χ3n) is 4.20. The number of hydrogen-bond donors (Lipinski definition) is 2. The molecular formula is C16H20ClN3O. The molecule has 0 amide bonds. The Morgan fingerprint density at radius 1 is 1.52 bits per heavy atom. The first-order valence-corrected chi connectivity index (χ1v) is 7.57. The van der Waals surface area contributed by atoms with Crippen LogP contribution in [0.15, 0.2) is 30.6 Å². The summed E-state index contributed by atoms with van der Waals surface area (Å²) >= 11 is 6.03. The van der Waals surface area contributed by atoms with Gasteiger partial charge in [-0.15, -0.1) is 0 Å². The van der Waals surface area contributed by atoms with Gasteiger partial charge in [0.25, 0.3) is 0 Å². The summed E-state index contributed by atoms with van der Waals surface area (Å²) in [7, 11) is 1.85. The van der Waals surface area contributed by atoms with Gasteiger partial charge in [0.1, 0.15) is 5.60 Å². The lowest BCUT2D eigenvalue weighted by atomic mass is 9.98. The first-order valence-electron chi connectivity index (χ1n) is 7.19. The summed E-state index contributed by atoms with van der Waals surface area (Å²) in [6.07, 6.45) is 5.63. The molecule has 5 heteroatoms. The molecule has 0 aliphatic heterocycles. The van der Waals surface area contributed by atoms with Gasteiger partial charge < -0.3 is 10.4 Å². The number of halogens is 1. The zero-order chi connectivity index (χ0) is 15.0. The summed E-state index contributed by atoms with van der Waals surface area (Å²) in [5.41, 5.74) is 2.50. The van der Waals surface area contributed by atoms with E-state index in [-0.39, 0.29) is 6.04 Å². The molecule has 0 spiro atoms. The Hall–Kier alpha value is -1.36. The van der Waals surface area contributed by atoms with Crippen molar-refractivity contribution in [3.8, 4) is 0 Å². The van der Waals surface area contributed by atoms with E-state index in [0.717, 1.165) is 23.4 Å². The normalized spacial score (nSPS) is 20.3. The lowest BCUT2D eigenvalue weighted by Gasteiger charge is -2.25. The van der Waals surface area contributed by atoms with Gasteiger partial charge in [0.05, 0.1) is 6.20 Å². The van der Waals surface area contributed by atoms with E-state index in [0.29, 0.717) is 6.54 Å². The number of fused-ring (bicyclic) bond motifs is 1. The molecule has 1 aliphatic carbocycles. The van der Waals surface area contributed by atoms with E-state index < -0.39 is 5.60 Å². The summed E-state index contributed by atoms with van der Waals surface area (Å²) < 4.78 is 1.71. The highest BCUT2D eigenvalue weighted by atomic mass is 35.5. The van der Waals surface area contributed by atoms with Crippen LogP contribution in [0.4, 0.5) is 0 Å². The van der Waals surface area contributed by atoms with Crippen molar-refractivity contribution in [2.75, 3.05) is 6.54 Å². The summed E-state index contributed by atoms with van der Waals surface area (Å²) in [6, 6.07) is 6.33. The Morgan fingerprint density at radius 3 is 3.05 bits per heavy atom. The first kappa shape index (κ1) is 14.6. The minimum Gasteiger partial charge on any atom is -0.384 e. The molecule has 21 heavy (non-hydrogen) atoms. The molecular weight excluding hydrogens is 286 g/mol. The number of aliphatic hydroxyl groups is 1. The molecule has 2 unspecified atom stereocenters. The van der Waals surface area contributed by atoms with Gasteiger partial charge in [-0.1, -0.05) is 17.7 Å². The Balaban J connectivity index is 1.69. The molecule has 1 aromatic carbocycles. The molecule has 2 atom stereocenters. The molecule has 112 valence electrons. The van der Waals surface area contributed by atoms with Gasteiger partial charge in [-0.05, 0) is 43.0 Å². The molecule has 0 saturated heterocycles. The van der Waals surface area contributed by atoms with E-state index >= 15 is 0 Å². The van der Waals surface area contributed by atoms with Crippen LogP contribution in [-0.4, -0.2) is 21.4 Å². The molecule has 2 aromatic rings. The van der Waals surface area contributed by atoms with Crippen LogP contribution in [0.2, 0.25) is 5.02 Å². The largest absolute Gasteiger partial charge is 0.384 e. The van der Waals surface area contributed by atoms with Crippen molar-refractivity contribution in [3.63, 3.8) is 0 Å². The van der Waals surface area contributed by atoms with Crippen molar-refractivity contribution in [1.29, 1.82) is 0 Å². The zero-order valence-electron chi connectivity index (χ0n) is 12.3. The fourth-order valence-electron chi connectivity index (χ4n) is 2.92. The summed E-state index contributed by atoms with van der Waals surface area (Å²) in [6.45, 7) is 2.31. The Labute approximate surface area is 129 Å². The number of hydrogen-bond acceptors (Lipinski definition) is 3. The topological polar surface area (TPSA) is 50.1 Å². The molecule has 0 fully saturated rings. The number of nitrogens with zero attached hydrogens (tertiary/aromatic N) is 2. The average Bonchev–Trinajstić information content (AvgIpc) is 3.03. The predicted octanol–water partition coefficient (Wildman–Crippen LogP) is 2.56. The highest BCUT2D eigenvalue weighted by Crippen LogP contribution is 2.33. The quantitative estimate of drug-likeness (QED) is 0.913. The van der Waals surface area contributed by atoms with Crippen molar-refractivity contribution in [2.24, 2.45) is 7.05 Å². The Bertz CT molecular complexity index is 651. The maximum Gasteiger partial charge on any atom is 0.102 e. The van der Waals surface area contributed by atoms with Crippen molar-refractivity contribution in [1.82, 2.24) is 15.1 Å². The van der Waals surface area contributed by atoms with Gasteiger partial charge in [0, 0.05) is 36.4 Å². The van der Waals surface area contributed by atoms with Gasteiger partial charge in [-0.3, -0.25) is 4.68 Å². The van der Waals surface area contributed by atoms with Crippen LogP contribution in [0.5, 0.6) is 0 Å². The van der Waals surface area contributed by atoms with Crippen LogP contribution < -0.4 is 5.32 Å². The highest BCUT2D eigenvalue weighted by Gasteiger charge is 2.28. The average molecular weight is 306 g/mol. The molecule has 1 aliphatic rings. The van der Waals surface area contributed by atoms with Gasteiger partial charge in [0.15, 0.2) is 0 Å². The number of aromatic nitrogens is 2. The molecule has 0 saturated carbocycles. The van der Waals surface area contributed by atoms with Crippen molar-refractivity contribution in [3.05, 3.63) is 52.3 Å². The minimum absolute atomic E-state index is 0.278. The first-order chi connectivity index (χ1) is 9.95. The van der Waals surface area contributed by atoms with E-state index in [1.54, 1.807) is 10.9 Å². The van der Waals surface area contributed by atoms with Crippen molar-refractivity contribution >= 4 is 11.6 Å². The second kappa shape index (κ2) is 5.44.